The number of fused-ring (bicyclic) bond motifs is 1. The summed E-state index contributed by atoms with van der Waals surface area (Å²) in [6, 6.07) is 7.34. The van der Waals surface area contributed by atoms with Crippen LogP contribution in [0, 0.1) is 0 Å². The predicted octanol–water partition coefficient (Wildman–Crippen LogP) is 3.11. The van der Waals surface area contributed by atoms with Crippen molar-refractivity contribution in [2.45, 2.75) is 4.84 Å². The Morgan fingerprint density at radius 1 is 1.08 bits per heavy atom. The third-order valence-electron chi connectivity index (χ3n) is 1.70. The number of rotatable bonds is 1. The van der Waals surface area contributed by atoms with Crippen LogP contribution in [-0.2, 0) is 0 Å². The van der Waals surface area contributed by atoms with Gasteiger partial charge in [0.05, 0.1) is 16.7 Å². The minimum Gasteiger partial charge on any atom is -0.255 e. The maximum atomic E-state index is 5.69. The molecular weight excluding hydrogens is 207 g/mol. The highest BCUT2D eigenvalue weighted by Crippen LogP contribution is 2.23. The molecule has 2 nitrogen and oxygen atoms in total. The van der Waals surface area contributed by atoms with E-state index in [4.69, 9.17) is 23.2 Å². The number of hydrogen-bond acceptors (Lipinski definition) is 2. The van der Waals surface area contributed by atoms with Gasteiger partial charge in [-0.1, -0.05) is 23.2 Å². The topological polar surface area (TPSA) is 25.8 Å². The van der Waals surface area contributed by atoms with Crippen LogP contribution in [0.25, 0.3) is 11.0 Å². The second kappa shape index (κ2) is 3.48. The minimum absolute atomic E-state index is 0.579. The van der Waals surface area contributed by atoms with Gasteiger partial charge in [0, 0.05) is 6.20 Å². The number of aromatic nitrogens is 2. The Hall–Kier alpha value is -0.860. The van der Waals surface area contributed by atoms with Gasteiger partial charge in [-0.05, 0) is 24.3 Å². The first kappa shape index (κ1) is 8.73. The maximum Gasteiger partial charge on any atom is 0.149 e. The molecule has 0 spiro atoms. The van der Waals surface area contributed by atoms with Gasteiger partial charge in [-0.2, -0.15) is 0 Å². The number of nitrogens with zero attached hydrogens (tertiary/aromatic N) is 2. The van der Waals surface area contributed by atoms with Crippen LogP contribution in [-0.4, -0.2) is 9.97 Å². The highest BCUT2D eigenvalue weighted by Gasteiger charge is 2.05. The summed E-state index contributed by atoms with van der Waals surface area (Å²) < 4.78 is 0. The van der Waals surface area contributed by atoms with Crippen molar-refractivity contribution in [3.8, 4) is 0 Å². The molecule has 0 atom stereocenters. The number of halogens is 2. The van der Waals surface area contributed by atoms with Gasteiger partial charge in [0.25, 0.3) is 0 Å². The molecule has 0 bridgehead atoms. The third-order valence-corrected chi connectivity index (χ3v) is 2.15. The zero-order valence-electron chi connectivity index (χ0n) is 6.61. The normalized spacial score (nSPS) is 11.0. The molecule has 66 valence electrons. The van der Waals surface area contributed by atoms with E-state index in [9.17, 15) is 0 Å². The van der Waals surface area contributed by atoms with E-state index >= 15 is 0 Å². The van der Waals surface area contributed by atoms with Gasteiger partial charge in [0.2, 0.25) is 0 Å². The molecule has 0 amide bonds. The first-order chi connectivity index (χ1) is 6.27. The summed E-state index contributed by atoms with van der Waals surface area (Å²) >= 11 is 11.4. The van der Waals surface area contributed by atoms with Crippen molar-refractivity contribution in [2.24, 2.45) is 0 Å². The predicted molar refractivity (Wildman–Crippen MR) is 54.0 cm³/mol. The molecule has 0 aliphatic carbocycles. The molecule has 0 saturated carbocycles. The van der Waals surface area contributed by atoms with E-state index in [2.05, 4.69) is 9.97 Å². The molecule has 0 aliphatic rings. The molecular formula is C9H6Cl2N2. The summed E-state index contributed by atoms with van der Waals surface area (Å²) in [5.41, 5.74) is 2.32. The van der Waals surface area contributed by atoms with Gasteiger partial charge in [-0.15, -0.1) is 0 Å². The summed E-state index contributed by atoms with van der Waals surface area (Å²) in [6.07, 6.45) is 1.72. The van der Waals surface area contributed by atoms with E-state index in [1.807, 2.05) is 18.2 Å². The van der Waals surface area contributed by atoms with Crippen molar-refractivity contribution in [3.05, 3.63) is 36.2 Å². The van der Waals surface area contributed by atoms with Crippen LogP contribution < -0.4 is 0 Å². The van der Waals surface area contributed by atoms with Crippen LogP contribution in [0.2, 0.25) is 0 Å². The van der Waals surface area contributed by atoms with Gasteiger partial charge in [0.15, 0.2) is 0 Å². The lowest BCUT2D eigenvalue weighted by Gasteiger charge is -2.01. The van der Waals surface area contributed by atoms with Crippen LogP contribution in [0.15, 0.2) is 30.5 Å². The largest absolute Gasteiger partial charge is 0.255 e. The standard InChI is InChI=1S/C9H6Cl2N2/c10-9(11)8-4-3-6-7(13-8)2-1-5-12-6/h1-5,9H. The van der Waals surface area contributed by atoms with Crippen molar-refractivity contribution < 1.29 is 0 Å². The van der Waals surface area contributed by atoms with Gasteiger partial charge in [0.1, 0.15) is 4.84 Å². The zero-order chi connectivity index (χ0) is 9.26. The SMILES string of the molecule is ClC(Cl)c1ccc2ncccc2n1. The van der Waals surface area contributed by atoms with Gasteiger partial charge in [-0.25, -0.2) is 4.98 Å². The first-order valence-corrected chi connectivity index (χ1v) is 4.64. The molecule has 0 fully saturated rings. The molecule has 2 aromatic rings. The summed E-state index contributed by atoms with van der Waals surface area (Å²) in [4.78, 5) is 7.80. The quantitative estimate of drug-likeness (QED) is 0.680. The number of pyridine rings is 2. The van der Waals surface area contributed by atoms with Gasteiger partial charge < -0.3 is 0 Å². The summed E-state index contributed by atoms with van der Waals surface area (Å²) in [5.74, 6) is 0. The molecule has 0 radical (unpaired) electrons. The lowest BCUT2D eigenvalue weighted by Crippen LogP contribution is -1.89. The Bertz CT molecular complexity index is 429. The smallest absolute Gasteiger partial charge is 0.149 e. The highest BCUT2D eigenvalue weighted by atomic mass is 35.5. The van der Waals surface area contributed by atoms with E-state index in [0.717, 1.165) is 11.0 Å². The van der Waals surface area contributed by atoms with Crippen molar-refractivity contribution in [1.82, 2.24) is 9.97 Å². The van der Waals surface area contributed by atoms with Crippen molar-refractivity contribution in [3.63, 3.8) is 0 Å². The molecule has 2 heterocycles. The maximum absolute atomic E-state index is 5.69. The molecule has 0 aromatic carbocycles. The van der Waals surface area contributed by atoms with Crippen LogP contribution >= 0.6 is 23.2 Å². The average molecular weight is 213 g/mol. The minimum atomic E-state index is -0.579. The Balaban J connectivity index is 2.62. The van der Waals surface area contributed by atoms with Crippen molar-refractivity contribution >= 4 is 34.2 Å². The monoisotopic (exact) mass is 212 g/mol. The van der Waals surface area contributed by atoms with Gasteiger partial charge >= 0.3 is 0 Å². The highest BCUT2D eigenvalue weighted by molar-refractivity contribution is 6.43. The molecule has 4 heteroatoms. The van der Waals surface area contributed by atoms with E-state index in [-0.39, 0.29) is 0 Å². The third kappa shape index (κ3) is 1.74. The fraction of sp³-hybridized carbons (Fsp3) is 0.111. The summed E-state index contributed by atoms with van der Waals surface area (Å²) in [5, 5.41) is 0. The molecule has 2 aromatic heterocycles. The Kier molecular flexibility index (Phi) is 2.34. The van der Waals surface area contributed by atoms with Crippen LogP contribution in [0.3, 0.4) is 0 Å². The van der Waals surface area contributed by atoms with E-state index < -0.39 is 4.84 Å². The van der Waals surface area contributed by atoms with Crippen molar-refractivity contribution in [2.75, 3.05) is 0 Å². The summed E-state index contributed by atoms with van der Waals surface area (Å²) in [6.45, 7) is 0. The second-order valence-corrected chi connectivity index (χ2v) is 3.67. The molecule has 13 heavy (non-hydrogen) atoms. The first-order valence-electron chi connectivity index (χ1n) is 3.77. The lowest BCUT2D eigenvalue weighted by molar-refractivity contribution is 1.18. The molecule has 0 unspecified atom stereocenters. The molecule has 0 N–H and O–H groups in total. The Morgan fingerprint density at radius 3 is 2.69 bits per heavy atom. The Labute approximate surface area is 85.5 Å². The van der Waals surface area contributed by atoms with E-state index in [0.29, 0.717) is 5.69 Å². The average Bonchev–Trinajstić information content (AvgIpc) is 2.17. The van der Waals surface area contributed by atoms with Crippen LogP contribution in [0.4, 0.5) is 0 Å². The molecule has 0 saturated heterocycles. The van der Waals surface area contributed by atoms with Crippen LogP contribution in [0.1, 0.15) is 10.5 Å². The fourth-order valence-corrected chi connectivity index (χ4v) is 1.34. The van der Waals surface area contributed by atoms with Crippen LogP contribution in [0.5, 0.6) is 0 Å². The lowest BCUT2D eigenvalue weighted by atomic mass is 10.3. The zero-order valence-corrected chi connectivity index (χ0v) is 8.13. The molecule has 0 aliphatic heterocycles. The molecule has 2 rings (SSSR count). The second-order valence-electron chi connectivity index (χ2n) is 2.58. The summed E-state index contributed by atoms with van der Waals surface area (Å²) in [7, 11) is 0. The van der Waals surface area contributed by atoms with Crippen molar-refractivity contribution in [1.29, 1.82) is 0 Å². The Morgan fingerprint density at radius 2 is 1.92 bits per heavy atom. The fourth-order valence-electron chi connectivity index (χ4n) is 1.09. The van der Waals surface area contributed by atoms with Gasteiger partial charge in [-0.3, -0.25) is 4.98 Å². The number of hydrogen-bond donors (Lipinski definition) is 0. The van der Waals surface area contributed by atoms with E-state index in [1.54, 1.807) is 12.3 Å². The van der Waals surface area contributed by atoms with E-state index in [1.165, 1.54) is 0 Å². The number of alkyl halides is 2.